The molecular formula is C23H21ClF2N2O2. The van der Waals surface area contributed by atoms with E-state index in [4.69, 9.17) is 16.3 Å². The molecule has 2 atom stereocenters. The number of hydrogen-bond donors (Lipinski definition) is 0. The summed E-state index contributed by atoms with van der Waals surface area (Å²) in [5.74, 6) is -0.896. The van der Waals surface area contributed by atoms with Crippen LogP contribution in [0.25, 0.3) is 17.8 Å². The molecule has 1 aromatic heterocycles. The minimum absolute atomic E-state index is 0.133. The molecule has 0 N–H and O–H groups in total. The maximum absolute atomic E-state index is 13.3. The van der Waals surface area contributed by atoms with Crippen LogP contribution < -0.4 is 10.6 Å². The van der Waals surface area contributed by atoms with E-state index in [0.29, 0.717) is 11.3 Å². The van der Waals surface area contributed by atoms with Crippen molar-refractivity contribution in [2.24, 2.45) is 0 Å². The van der Waals surface area contributed by atoms with Crippen molar-refractivity contribution in [3.63, 3.8) is 0 Å². The molecule has 0 radical (unpaired) electrons. The van der Waals surface area contributed by atoms with Gasteiger partial charge in [-0.15, -0.1) is 11.6 Å². The minimum atomic E-state index is -0.798. The van der Waals surface area contributed by atoms with Gasteiger partial charge in [-0.25, -0.2) is 13.5 Å². The second kappa shape index (κ2) is 9.78. The van der Waals surface area contributed by atoms with Crippen LogP contribution in [0, 0.1) is 11.6 Å². The molecule has 156 valence electrons. The maximum atomic E-state index is 13.3. The van der Waals surface area contributed by atoms with E-state index in [0.717, 1.165) is 10.6 Å². The van der Waals surface area contributed by atoms with Crippen LogP contribution >= 0.6 is 11.6 Å². The summed E-state index contributed by atoms with van der Waals surface area (Å²) in [5, 5.41) is 5.60. The molecule has 2 aromatic carbocycles. The number of carbonyl (C=O) groups excluding carboxylic acids is 1. The number of carbonyl (C=O) groups is 1. The van der Waals surface area contributed by atoms with Gasteiger partial charge in [-0.2, -0.15) is 5.10 Å². The van der Waals surface area contributed by atoms with Crippen LogP contribution in [0.15, 0.2) is 54.7 Å². The van der Waals surface area contributed by atoms with Crippen molar-refractivity contribution in [1.29, 1.82) is 0 Å². The van der Waals surface area contributed by atoms with Crippen LogP contribution in [-0.2, 0) is 9.53 Å². The zero-order chi connectivity index (χ0) is 21.7. The molecule has 0 spiro atoms. The lowest BCUT2D eigenvalue weighted by Crippen LogP contribution is -2.30. The summed E-state index contributed by atoms with van der Waals surface area (Å²) in [7, 11) is 0. The predicted molar refractivity (Wildman–Crippen MR) is 113 cm³/mol. The number of ether oxygens (including phenoxy) is 1. The largest absolute Gasteiger partial charge is 0.362 e. The second-order valence-corrected chi connectivity index (χ2v) is 7.49. The average molecular weight is 431 g/mol. The third kappa shape index (κ3) is 5.40. The molecule has 4 nitrogen and oxygen atoms in total. The van der Waals surface area contributed by atoms with Crippen LogP contribution in [-0.4, -0.2) is 27.5 Å². The summed E-state index contributed by atoms with van der Waals surface area (Å²) in [6, 6.07) is 11.6. The number of ketones is 1. The fraction of sp³-hybridized carbons (Fsp3) is 0.217. The third-order valence-corrected chi connectivity index (χ3v) is 4.53. The van der Waals surface area contributed by atoms with Gasteiger partial charge in [0.1, 0.15) is 17.7 Å². The van der Waals surface area contributed by atoms with E-state index in [-0.39, 0.29) is 29.4 Å². The van der Waals surface area contributed by atoms with E-state index in [1.54, 1.807) is 29.1 Å². The van der Waals surface area contributed by atoms with E-state index in [2.05, 4.69) is 5.10 Å². The Morgan fingerprint density at radius 2 is 1.73 bits per heavy atom. The molecule has 7 heteroatoms. The van der Waals surface area contributed by atoms with Crippen LogP contribution in [0.4, 0.5) is 8.78 Å². The Labute approximate surface area is 178 Å². The standard InChI is InChI=1S/C23H21ClF2N2O2/c1-15(24)13-22-18(14-27-28(22)21-9-7-20(26)8-10-21)11-12-30-23(16(2)29)17-3-5-19(25)6-4-17/h3-11,13-15,23H,12H2,1-2H3/b18-11-,22-13+. The number of Topliss-reactive ketones (excluding diaryl/α,β-unsaturated/α-hetero) is 1. The zero-order valence-electron chi connectivity index (χ0n) is 16.6. The highest BCUT2D eigenvalue weighted by Gasteiger charge is 2.17. The van der Waals surface area contributed by atoms with Gasteiger partial charge in [0.15, 0.2) is 5.78 Å². The van der Waals surface area contributed by atoms with Gasteiger partial charge in [-0.05, 0) is 68.0 Å². The van der Waals surface area contributed by atoms with Gasteiger partial charge in [0, 0.05) is 5.22 Å². The first-order chi connectivity index (χ1) is 14.3. The number of hydrogen-bond acceptors (Lipinski definition) is 3. The van der Waals surface area contributed by atoms with Gasteiger partial charge in [-0.1, -0.05) is 12.1 Å². The Morgan fingerprint density at radius 3 is 2.30 bits per heavy atom. The zero-order valence-corrected chi connectivity index (χ0v) is 17.3. The third-order valence-electron chi connectivity index (χ3n) is 4.40. The lowest BCUT2D eigenvalue weighted by atomic mass is 10.1. The van der Waals surface area contributed by atoms with E-state index < -0.39 is 6.10 Å². The highest BCUT2D eigenvalue weighted by atomic mass is 35.5. The van der Waals surface area contributed by atoms with Crippen LogP contribution in [0.2, 0.25) is 0 Å². The van der Waals surface area contributed by atoms with E-state index >= 15 is 0 Å². The number of nitrogens with zero attached hydrogens (tertiary/aromatic N) is 2. The van der Waals surface area contributed by atoms with Crippen molar-refractivity contribution in [3.05, 3.63) is 82.5 Å². The van der Waals surface area contributed by atoms with Gasteiger partial charge in [0.25, 0.3) is 0 Å². The summed E-state index contributed by atoms with van der Waals surface area (Å²) < 4.78 is 33.8. The molecule has 1 heterocycles. The number of alkyl halides is 1. The highest BCUT2D eigenvalue weighted by molar-refractivity contribution is 6.23. The maximum Gasteiger partial charge on any atom is 0.163 e. The SMILES string of the molecule is CC(=O)C(OC/C=c1/cnn(-c2ccc(F)cc2)/c1=C/C(C)Cl)c1ccc(F)cc1. The van der Waals surface area contributed by atoms with Crippen LogP contribution in [0.5, 0.6) is 0 Å². The van der Waals surface area contributed by atoms with Gasteiger partial charge >= 0.3 is 0 Å². The van der Waals surface area contributed by atoms with Crippen molar-refractivity contribution in [3.8, 4) is 5.69 Å². The summed E-state index contributed by atoms with van der Waals surface area (Å²) in [5.41, 5.74) is 1.27. The lowest BCUT2D eigenvalue weighted by molar-refractivity contribution is -0.127. The van der Waals surface area contributed by atoms with Gasteiger partial charge < -0.3 is 4.74 Å². The van der Waals surface area contributed by atoms with E-state index in [9.17, 15) is 13.6 Å². The number of halogens is 3. The second-order valence-electron chi connectivity index (χ2n) is 6.80. The summed E-state index contributed by atoms with van der Waals surface area (Å²) in [6.07, 6.45) is 4.47. The number of benzene rings is 2. The Bertz CT molecular complexity index is 1120. The first kappa shape index (κ1) is 21.9. The van der Waals surface area contributed by atoms with Gasteiger partial charge in [0.2, 0.25) is 0 Å². The molecule has 3 rings (SSSR count). The fourth-order valence-electron chi connectivity index (χ4n) is 3.02. The fourth-order valence-corrected chi connectivity index (χ4v) is 3.14. The average Bonchev–Trinajstić information content (AvgIpc) is 3.08. The molecule has 0 bridgehead atoms. The smallest absolute Gasteiger partial charge is 0.163 e. The van der Waals surface area contributed by atoms with Crippen molar-refractivity contribution in [1.82, 2.24) is 9.78 Å². The number of aromatic nitrogens is 2. The Hall–Kier alpha value is -2.83. The van der Waals surface area contributed by atoms with Crippen molar-refractivity contribution >= 4 is 29.5 Å². The highest BCUT2D eigenvalue weighted by Crippen LogP contribution is 2.19. The minimum Gasteiger partial charge on any atom is -0.362 e. The molecule has 0 aliphatic heterocycles. The van der Waals surface area contributed by atoms with Crippen molar-refractivity contribution in [2.75, 3.05) is 6.61 Å². The van der Waals surface area contributed by atoms with Gasteiger partial charge in [-0.3, -0.25) is 4.79 Å². The quantitative estimate of drug-likeness (QED) is 0.537. The molecule has 2 unspecified atom stereocenters. The molecule has 0 amide bonds. The molecule has 0 aliphatic carbocycles. The Kier molecular flexibility index (Phi) is 7.13. The molecule has 3 aromatic rings. The van der Waals surface area contributed by atoms with Crippen LogP contribution in [0.3, 0.4) is 0 Å². The normalized spacial score (nSPS) is 14.7. The first-order valence-electron chi connectivity index (χ1n) is 9.39. The molecule has 0 saturated carbocycles. The first-order valence-corrected chi connectivity index (χ1v) is 9.82. The monoisotopic (exact) mass is 430 g/mol. The van der Waals surface area contributed by atoms with Crippen LogP contribution in [0.1, 0.15) is 25.5 Å². The molecule has 30 heavy (non-hydrogen) atoms. The topological polar surface area (TPSA) is 44.1 Å². The number of rotatable bonds is 7. The van der Waals surface area contributed by atoms with E-state index in [1.165, 1.54) is 43.3 Å². The molecule has 0 aliphatic rings. The van der Waals surface area contributed by atoms with E-state index in [1.807, 2.05) is 13.0 Å². The molecule has 0 fully saturated rings. The van der Waals surface area contributed by atoms with Gasteiger partial charge in [0.05, 0.1) is 29.2 Å². The molecular weight excluding hydrogens is 410 g/mol. The summed E-state index contributed by atoms with van der Waals surface area (Å²) >= 11 is 6.17. The van der Waals surface area contributed by atoms with Crippen molar-refractivity contribution < 1.29 is 18.3 Å². The predicted octanol–water partition coefficient (Wildman–Crippen LogP) is 3.69. The summed E-state index contributed by atoms with van der Waals surface area (Å²) in [4.78, 5) is 12.0. The Morgan fingerprint density at radius 1 is 1.13 bits per heavy atom. The Balaban J connectivity index is 1.90. The van der Waals surface area contributed by atoms with Crippen molar-refractivity contribution in [2.45, 2.75) is 25.3 Å². The molecule has 0 saturated heterocycles. The lowest BCUT2D eigenvalue weighted by Gasteiger charge is -2.14. The summed E-state index contributed by atoms with van der Waals surface area (Å²) in [6.45, 7) is 3.38.